The molecule has 0 saturated heterocycles. The topological polar surface area (TPSA) is 66.9 Å². The van der Waals surface area contributed by atoms with E-state index in [1.807, 2.05) is 33.8 Å². The van der Waals surface area contributed by atoms with Crippen molar-refractivity contribution in [3.8, 4) is 0 Å². The zero-order chi connectivity index (χ0) is 18.7. The van der Waals surface area contributed by atoms with Crippen molar-refractivity contribution < 1.29 is 19.1 Å². The average molecular weight is 346 g/mol. The lowest BCUT2D eigenvalue weighted by atomic mass is 9.99. The molecule has 0 fully saturated rings. The molecule has 2 rings (SSSR count). The van der Waals surface area contributed by atoms with Gasteiger partial charge in [-0.25, -0.2) is 4.79 Å². The number of nitrogens with zero attached hydrogens (tertiary/aromatic N) is 2. The molecule has 1 aliphatic heterocycles. The van der Waals surface area contributed by atoms with E-state index in [1.54, 1.807) is 17.0 Å². The van der Waals surface area contributed by atoms with E-state index in [-0.39, 0.29) is 12.1 Å². The van der Waals surface area contributed by atoms with E-state index in [4.69, 9.17) is 4.74 Å². The average Bonchev–Trinajstić information content (AvgIpc) is 2.58. The first kappa shape index (κ1) is 19.0. The molecular formula is C19H26N2O4. The molecule has 1 aromatic carbocycles. The second kappa shape index (κ2) is 7.68. The van der Waals surface area contributed by atoms with Gasteiger partial charge in [0.25, 0.3) is 0 Å². The molecule has 0 spiro atoms. The number of hydrogen-bond donors (Lipinski definition) is 0. The Balaban J connectivity index is 2.37. The Morgan fingerprint density at radius 2 is 1.76 bits per heavy atom. The van der Waals surface area contributed by atoms with Gasteiger partial charge >= 0.3 is 17.8 Å². The van der Waals surface area contributed by atoms with E-state index in [1.165, 1.54) is 12.0 Å². The Hall–Kier alpha value is -2.37. The molecule has 1 aromatic rings. The number of aryl methyl sites for hydroxylation is 1. The summed E-state index contributed by atoms with van der Waals surface area (Å²) in [5.74, 6) is -1.52. The number of anilines is 1. The van der Waals surface area contributed by atoms with E-state index < -0.39 is 17.8 Å². The van der Waals surface area contributed by atoms with Gasteiger partial charge in [0.2, 0.25) is 0 Å². The van der Waals surface area contributed by atoms with E-state index in [9.17, 15) is 14.4 Å². The summed E-state index contributed by atoms with van der Waals surface area (Å²) >= 11 is 0. The Kier molecular flexibility index (Phi) is 5.82. The lowest BCUT2D eigenvalue weighted by Crippen LogP contribution is -2.51. The molecule has 0 radical (unpaired) electrons. The van der Waals surface area contributed by atoms with Crippen LogP contribution in [0.15, 0.2) is 18.2 Å². The van der Waals surface area contributed by atoms with Crippen LogP contribution in [0.3, 0.4) is 0 Å². The second-order valence-corrected chi connectivity index (χ2v) is 6.80. The predicted octanol–water partition coefficient (Wildman–Crippen LogP) is 2.40. The highest BCUT2D eigenvalue weighted by Gasteiger charge is 2.33. The minimum Gasteiger partial charge on any atom is -0.465 e. The van der Waals surface area contributed by atoms with Gasteiger partial charge in [0.05, 0.1) is 12.7 Å². The molecule has 0 aliphatic carbocycles. The number of benzene rings is 1. The fourth-order valence-electron chi connectivity index (χ4n) is 3.32. The maximum Gasteiger partial charge on any atom is 0.337 e. The molecule has 0 bridgehead atoms. The van der Waals surface area contributed by atoms with Crippen molar-refractivity contribution in [1.82, 2.24) is 4.90 Å². The van der Waals surface area contributed by atoms with Crippen molar-refractivity contribution >= 4 is 23.5 Å². The van der Waals surface area contributed by atoms with Gasteiger partial charge in [0, 0.05) is 24.3 Å². The SMILES string of the molecule is COC(=O)c1ccc2c(c1)N(C(=O)C(=O)N(C(C)C)C(C)C)CCC2. The van der Waals surface area contributed by atoms with Crippen LogP contribution in [0.5, 0.6) is 0 Å². The van der Waals surface area contributed by atoms with Crippen molar-refractivity contribution in [2.45, 2.75) is 52.6 Å². The van der Waals surface area contributed by atoms with E-state index in [0.717, 1.165) is 18.4 Å². The maximum atomic E-state index is 12.9. The van der Waals surface area contributed by atoms with Crippen LogP contribution in [0.25, 0.3) is 0 Å². The summed E-state index contributed by atoms with van der Waals surface area (Å²) in [5.41, 5.74) is 1.96. The minimum atomic E-state index is -0.551. The Labute approximate surface area is 148 Å². The summed E-state index contributed by atoms with van der Waals surface area (Å²) in [6.45, 7) is 8.04. The fourth-order valence-corrected chi connectivity index (χ4v) is 3.32. The van der Waals surface area contributed by atoms with Gasteiger partial charge in [-0.3, -0.25) is 9.59 Å². The molecule has 1 heterocycles. The van der Waals surface area contributed by atoms with Gasteiger partial charge in [-0.05, 0) is 58.2 Å². The molecule has 0 saturated carbocycles. The highest BCUT2D eigenvalue weighted by Crippen LogP contribution is 2.29. The van der Waals surface area contributed by atoms with Crippen LogP contribution in [0, 0.1) is 0 Å². The smallest absolute Gasteiger partial charge is 0.337 e. The molecule has 0 aromatic heterocycles. The first-order chi connectivity index (χ1) is 11.8. The van der Waals surface area contributed by atoms with Crippen molar-refractivity contribution in [3.63, 3.8) is 0 Å². The lowest BCUT2D eigenvalue weighted by molar-refractivity contribution is -0.147. The third kappa shape index (κ3) is 3.83. The van der Waals surface area contributed by atoms with Crippen LogP contribution in [-0.4, -0.2) is 48.4 Å². The molecule has 0 N–H and O–H groups in total. The van der Waals surface area contributed by atoms with Crippen molar-refractivity contribution in [2.75, 3.05) is 18.6 Å². The number of ether oxygens (including phenoxy) is 1. The maximum absolute atomic E-state index is 12.9. The summed E-state index contributed by atoms with van der Waals surface area (Å²) in [4.78, 5) is 40.5. The highest BCUT2D eigenvalue weighted by atomic mass is 16.5. The van der Waals surface area contributed by atoms with Gasteiger partial charge in [-0.1, -0.05) is 6.07 Å². The molecule has 2 amide bonds. The van der Waals surface area contributed by atoms with Crippen molar-refractivity contribution in [3.05, 3.63) is 29.3 Å². The summed E-state index contributed by atoms with van der Waals surface area (Å²) < 4.78 is 4.75. The highest BCUT2D eigenvalue weighted by molar-refractivity contribution is 6.40. The van der Waals surface area contributed by atoms with Crippen LogP contribution < -0.4 is 4.90 Å². The molecular weight excluding hydrogens is 320 g/mol. The summed E-state index contributed by atoms with van der Waals surface area (Å²) in [6, 6.07) is 5.02. The second-order valence-electron chi connectivity index (χ2n) is 6.80. The van der Waals surface area contributed by atoms with Crippen molar-refractivity contribution in [2.24, 2.45) is 0 Å². The van der Waals surface area contributed by atoms with Crippen LogP contribution in [0.4, 0.5) is 5.69 Å². The molecule has 136 valence electrons. The zero-order valence-electron chi connectivity index (χ0n) is 15.5. The number of esters is 1. The van der Waals surface area contributed by atoms with Gasteiger partial charge in [-0.2, -0.15) is 0 Å². The monoisotopic (exact) mass is 346 g/mol. The number of carbonyl (C=O) groups is 3. The zero-order valence-corrected chi connectivity index (χ0v) is 15.5. The standard InChI is InChI=1S/C19H26N2O4/c1-12(2)21(13(3)4)18(23)17(22)20-10-6-7-14-8-9-15(11-16(14)20)19(24)25-5/h8-9,11-13H,6-7,10H2,1-5H3. The number of hydrogen-bond acceptors (Lipinski definition) is 4. The summed E-state index contributed by atoms with van der Waals surface area (Å²) in [6.07, 6.45) is 1.60. The van der Waals surface area contributed by atoms with Crippen LogP contribution in [-0.2, 0) is 20.7 Å². The third-order valence-corrected chi connectivity index (χ3v) is 4.40. The Bertz CT molecular complexity index is 674. The molecule has 25 heavy (non-hydrogen) atoms. The van der Waals surface area contributed by atoms with E-state index >= 15 is 0 Å². The molecule has 6 nitrogen and oxygen atoms in total. The molecule has 6 heteroatoms. The number of carbonyl (C=O) groups excluding carboxylic acids is 3. The van der Waals surface area contributed by atoms with E-state index in [0.29, 0.717) is 17.8 Å². The molecule has 0 unspecified atom stereocenters. The predicted molar refractivity (Wildman–Crippen MR) is 95.6 cm³/mol. The molecule has 0 atom stereocenters. The van der Waals surface area contributed by atoms with Crippen LogP contribution in [0.1, 0.15) is 50.0 Å². The number of methoxy groups -OCH3 is 1. The number of rotatable bonds is 3. The van der Waals surface area contributed by atoms with Crippen molar-refractivity contribution in [1.29, 1.82) is 0 Å². The quantitative estimate of drug-likeness (QED) is 0.623. The minimum absolute atomic E-state index is 0.0675. The lowest BCUT2D eigenvalue weighted by Gasteiger charge is -2.34. The number of amides is 2. The first-order valence-electron chi connectivity index (χ1n) is 8.63. The Morgan fingerprint density at radius 1 is 1.12 bits per heavy atom. The van der Waals surface area contributed by atoms with Crippen LogP contribution in [0.2, 0.25) is 0 Å². The Morgan fingerprint density at radius 3 is 2.32 bits per heavy atom. The fraction of sp³-hybridized carbons (Fsp3) is 0.526. The van der Waals surface area contributed by atoms with Gasteiger partial charge in [-0.15, -0.1) is 0 Å². The first-order valence-corrected chi connectivity index (χ1v) is 8.63. The van der Waals surface area contributed by atoms with Gasteiger partial charge < -0.3 is 14.5 Å². The normalized spacial score (nSPS) is 13.6. The van der Waals surface area contributed by atoms with Gasteiger partial charge in [0.1, 0.15) is 0 Å². The summed E-state index contributed by atoms with van der Waals surface area (Å²) in [5, 5.41) is 0. The third-order valence-electron chi connectivity index (χ3n) is 4.40. The van der Waals surface area contributed by atoms with Gasteiger partial charge in [0.15, 0.2) is 0 Å². The summed E-state index contributed by atoms with van der Waals surface area (Å²) in [7, 11) is 1.32. The number of fused-ring (bicyclic) bond motifs is 1. The van der Waals surface area contributed by atoms with Crippen LogP contribution >= 0.6 is 0 Å². The van der Waals surface area contributed by atoms with E-state index in [2.05, 4.69) is 0 Å². The largest absolute Gasteiger partial charge is 0.465 e. The molecule has 1 aliphatic rings.